The average Bonchev–Trinajstić information content (AvgIpc) is 2.75. The molecular formula is C21H22F3NO6. The summed E-state index contributed by atoms with van der Waals surface area (Å²) in [6, 6.07) is 18.4. The first-order chi connectivity index (χ1) is 14.6. The Morgan fingerprint density at radius 1 is 0.871 bits per heavy atom. The molecule has 0 saturated carbocycles. The highest BCUT2D eigenvalue weighted by atomic mass is 19.4. The van der Waals surface area contributed by atoms with Crippen LogP contribution in [0.1, 0.15) is 30.0 Å². The number of ether oxygens (including phenoxy) is 2. The molecular weight excluding hydrogens is 419 g/mol. The normalized spacial score (nSPS) is 11.5. The van der Waals surface area contributed by atoms with E-state index in [1.165, 1.54) is 0 Å². The number of carbonyl (C=O) groups excluding carboxylic acids is 2. The molecule has 0 aliphatic rings. The zero-order valence-electron chi connectivity index (χ0n) is 16.4. The van der Waals surface area contributed by atoms with Gasteiger partial charge in [-0.1, -0.05) is 60.7 Å². The molecule has 2 rings (SSSR count). The van der Waals surface area contributed by atoms with E-state index < -0.39 is 24.1 Å². The summed E-state index contributed by atoms with van der Waals surface area (Å²) in [7, 11) is 0. The molecule has 2 aromatic rings. The van der Waals surface area contributed by atoms with E-state index in [9.17, 15) is 22.8 Å². The third-order valence-corrected chi connectivity index (χ3v) is 3.67. The number of carboxylic acids is 1. The Bertz CT molecular complexity index is 828. The van der Waals surface area contributed by atoms with Crippen LogP contribution in [0.4, 0.5) is 13.2 Å². The molecule has 0 aliphatic heterocycles. The first-order valence-corrected chi connectivity index (χ1v) is 9.05. The predicted octanol–water partition coefficient (Wildman–Crippen LogP) is 3.39. The van der Waals surface area contributed by atoms with E-state index in [2.05, 4.69) is 0 Å². The van der Waals surface area contributed by atoms with E-state index in [4.69, 9.17) is 25.1 Å². The Hall–Kier alpha value is -3.40. The largest absolute Gasteiger partial charge is 0.490 e. The van der Waals surface area contributed by atoms with Crippen molar-refractivity contribution in [2.45, 2.75) is 31.7 Å². The van der Waals surface area contributed by atoms with Gasteiger partial charge in [0.1, 0.15) is 13.2 Å². The molecule has 0 aliphatic carbocycles. The van der Waals surface area contributed by atoms with Crippen molar-refractivity contribution < 1.29 is 42.1 Å². The summed E-state index contributed by atoms with van der Waals surface area (Å²) < 4.78 is 41.9. The monoisotopic (exact) mass is 441 g/mol. The lowest BCUT2D eigenvalue weighted by molar-refractivity contribution is -0.192. The van der Waals surface area contributed by atoms with Crippen molar-refractivity contribution in [2.75, 3.05) is 6.61 Å². The predicted molar refractivity (Wildman–Crippen MR) is 103 cm³/mol. The number of hydrogen-bond donors (Lipinski definition) is 2. The Kier molecular flexibility index (Phi) is 10.8. The summed E-state index contributed by atoms with van der Waals surface area (Å²) >= 11 is 0. The van der Waals surface area contributed by atoms with Crippen molar-refractivity contribution in [3.8, 4) is 0 Å². The summed E-state index contributed by atoms with van der Waals surface area (Å²) in [5.41, 5.74) is 7.74. The van der Waals surface area contributed by atoms with Gasteiger partial charge in [0, 0.05) is 0 Å². The molecule has 0 bridgehead atoms. The highest BCUT2D eigenvalue weighted by Gasteiger charge is 2.38. The van der Waals surface area contributed by atoms with Gasteiger partial charge in [-0.05, 0) is 11.1 Å². The van der Waals surface area contributed by atoms with E-state index in [1.54, 1.807) is 0 Å². The number of aliphatic carboxylic acids is 1. The van der Waals surface area contributed by atoms with Gasteiger partial charge < -0.3 is 20.3 Å². The van der Waals surface area contributed by atoms with Crippen molar-refractivity contribution in [1.29, 1.82) is 0 Å². The zero-order valence-corrected chi connectivity index (χ0v) is 16.4. The van der Waals surface area contributed by atoms with E-state index >= 15 is 0 Å². The van der Waals surface area contributed by atoms with Crippen LogP contribution in [0.25, 0.3) is 0 Å². The van der Waals surface area contributed by atoms with E-state index in [-0.39, 0.29) is 32.1 Å². The summed E-state index contributed by atoms with van der Waals surface area (Å²) in [6.45, 7) is 0.287. The fourth-order valence-corrected chi connectivity index (χ4v) is 2.07. The smallest absolute Gasteiger partial charge is 0.475 e. The highest BCUT2D eigenvalue weighted by Crippen LogP contribution is 2.13. The molecule has 0 heterocycles. The minimum atomic E-state index is -5.08. The van der Waals surface area contributed by atoms with Crippen LogP contribution in [0.5, 0.6) is 0 Å². The lowest BCUT2D eigenvalue weighted by atomic mass is 10.1. The number of rotatable bonds is 8. The minimum absolute atomic E-state index is 0.00770. The van der Waals surface area contributed by atoms with Crippen LogP contribution in [0, 0.1) is 0 Å². The van der Waals surface area contributed by atoms with Crippen LogP contribution in [0.3, 0.4) is 0 Å². The zero-order chi connectivity index (χ0) is 23.3. The Labute approximate surface area is 176 Å². The van der Waals surface area contributed by atoms with Crippen LogP contribution in [-0.2, 0) is 30.5 Å². The quantitative estimate of drug-likeness (QED) is 0.603. The first-order valence-electron chi connectivity index (χ1n) is 9.05. The molecule has 0 amide bonds. The molecule has 3 N–H and O–H groups in total. The summed E-state index contributed by atoms with van der Waals surface area (Å²) in [6.07, 6.45) is -5.11. The molecule has 0 aromatic heterocycles. The minimum Gasteiger partial charge on any atom is -0.475 e. The molecule has 2 aromatic carbocycles. The molecule has 1 atom stereocenters. The van der Waals surface area contributed by atoms with Crippen molar-refractivity contribution in [1.82, 2.24) is 0 Å². The van der Waals surface area contributed by atoms with Crippen molar-refractivity contribution in [3.63, 3.8) is 0 Å². The van der Waals surface area contributed by atoms with Gasteiger partial charge >= 0.3 is 24.1 Å². The molecule has 0 radical (unpaired) electrons. The second kappa shape index (κ2) is 13.0. The van der Waals surface area contributed by atoms with Crippen molar-refractivity contribution >= 4 is 17.9 Å². The van der Waals surface area contributed by atoms with Gasteiger partial charge in [0.2, 0.25) is 0 Å². The van der Waals surface area contributed by atoms with Gasteiger partial charge in [-0.25, -0.2) is 4.79 Å². The van der Waals surface area contributed by atoms with Crippen LogP contribution in [-0.4, -0.2) is 35.8 Å². The third kappa shape index (κ3) is 11.4. The first kappa shape index (κ1) is 25.6. The maximum absolute atomic E-state index is 11.7. The number of carbonyl (C=O) groups is 3. The van der Waals surface area contributed by atoms with Gasteiger partial charge in [-0.2, -0.15) is 13.2 Å². The van der Waals surface area contributed by atoms with Crippen LogP contribution >= 0.6 is 0 Å². The van der Waals surface area contributed by atoms with Crippen LogP contribution in [0.2, 0.25) is 0 Å². The van der Waals surface area contributed by atoms with Gasteiger partial charge in [-0.15, -0.1) is 0 Å². The lowest BCUT2D eigenvalue weighted by Crippen LogP contribution is -2.21. The van der Waals surface area contributed by atoms with E-state index in [1.807, 2.05) is 60.7 Å². The summed E-state index contributed by atoms with van der Waals surface area (Å²) in [4.78, 5) is 32.2. The number of halogens is 3. The summed E-state index contributed by atoms with van der Waals surface area (Å²) in [5, 5.41) is 7.12. The average molecular weight is 441 g/mol. The van der Waals surface area contributed by atoms with Crippen molar-refractivity contribution in [2.24, 2.45) is 5.73 Å². The topological polar surface area (TPSA) is 116 Å². The summed E-state index contributed by atoms with van der Waals surface area (Å²) in [5.74, 6) is -3.64. The van der Waals surface area contributed by atoms with E-state index in [0.29, 0.717) is 0 Å². The van der Waals surface area contributed by atoms with Crippen LogP contribution < -0.4 is 5.73 Å². The fraction of sp³-hybridized carbons (Fsp3) is 0.286. The number of hydrogen-bond acceptors (Lipinski definition) is 6. The van der Waals surface area contributed by atoms with Crippen molar-refractivity contribution in [3.05, 3.63) is 71.8 Å². The molecule has 0 saturated heterocycles. The number of benzene rings is 2. The maximum atomic E-state index is 11.7. The Balaban J connectivity index is 0.000000592. The SMILES string of the molecule is N[C@H](COC(=O)CCC(=O)OCc1ccccc1)c1ccccc1.O=C(O)C(F)(F)F. The number of carboxylic acid groups (broad SMARTS) is 1. The number of alkyl halides is 3. The van der Waals surface area contributed by atoms with Crippen LogP contribution in [0.15, 0.2) is 60.7 Å². The molecule has 7 nitrogen and oxygen atoms in total. The number of nitrogens with two attached hydrogens (primary N) is 1. The Morgan fingerprint density at radius 3 is 1.81 bits per heavy atom. The lowest BCUT2D eigenvalue weighted by Gasteiger charge is -2.12. The maximum Gasteiger partial charge on any atom is 0.490 e. The van der Waals surface area contributed by atoms with Gasteiger partial charge in [0.25, 0.3) is 0 Å². The molecule has 31 heavy (non-hydrogen) atoms. The standard InChI is InChI=1S/C19H21NO4.C2HF3O2/c20-17(16-9-5-2-6-10-16)14-24-19(22)12-11-18(21)23-13-15-7-3-1-4-8-15;3-2(4,5)1(6)7/h1-10,17H,11-14,20H2;(H,6,7)/t17-;/m1./s1. The molecule has 0 spiro atoms. The second-order valence-electron chi connectivity index (χ2n) is 6.15. The Morgan fingerprint density at radius 2 is 1.32 bits per heavy atom. The second-order valence-corrected chi connectivity index (χ2v) is 6.15. The van der Waals surface area contributed by atoms with Gasteiger partial charge in [0.15, 0.2) is 0 Å². The third-order valence-electron chi connectivity index (χ3n) is 3.67. The highest BCUT2D eigenvalue weighted by molar-refractivity contribution is 5.77. The molecule has 10 heteroatoms. The molecule has 0 fully saturated rings. The number of esters is 2. The van der Waals surface area contributed by atoms with Gasteiger partial charge in [-0.3, -0.25) is 9.59 Å². The molecule has 168 valence electrons. The van der Waals surface area contributed by atoms with E-state index in [0.717, 1.165) is 11.1 Å². The van der Waals surface area contributed by atoms with Gasteiger partial charge in [0.05, 0.1) is 18.9 Å². The molecule has 0 unspecified atom stereocenters. The fourth-order valence-electron chi connectivity index (χ4n) is 2.07.